The maximum absolute atomic E-state index is 12.4. The summed E-state index contributed by atoms with van der Waals surface area (Å²) in [7, 11) is 1.37. The molecule has 2 aromatic carbocycles. The Bertz CT molecular complexity index is 1070. The maximum Gasteiger partial charge on any atom is 0.338 e. The first-order valence-electron chi connectivity index (χ1n) is 9.30. The van der Waals surface area contributed by atoms with E-state index in [4.69, 9.17) is 9.47 Å². The molecule has 4 rings (SSSR count). The van der Waals surface area contributed by atoms with Crippen LogP contribution in [0.5, 0.6) is 5.75 Å². The number of carbonyl (C=O) groups excluding carboxylic acids is 1. The number of anilines is 1. The molecule has 1 N–H and O–H groups in total. The fraction of sp³-hybridized carbons (Fsp3) is 0.227. The lowest BCUT2D eigenvalue weighted by Gasteiger charge is -2.28. The van der Waals surface area contributed by atoms with Gasteiger partial charge >= 0.3 is 5.97 Å². The van der Waals surface area contributed by atoms with Crippen molar-refractivity contribution in [3.8, 4) is 5.75 Å². The molecule has 0 spiro atoms. The zero-order chi connectivity index (χ0) is 20.4. The Morgan fingerprint density at radius 2 is 1.97 bits per heavy atom. The van der Waals surface area contributed by atoms with E-state index in [-0.39, 0.29) is 0 Å². The van der Waals surface area contributed by atoms with E-state index < -0.39 is 12.0 Å². The van der Waals surface area contributed by atoms with Crippen molar-refractivity contribution in [2.75, 3.05) is 12.4 Å². The van der Waals surface area contributed by atoms with Crippen molar-refractivity contribution in [1.29, 1.82) is 0 Å². The summed E-state index contributed by atoms with van der Waals surface area (Å²) >= 11 is 0. The van der Waals surface area contributed by atoms with Crippen LogP contribution in [-0.4, -0.2) is 27.8 Å². The molecule has 0 saturated carbocycles. The van der Waals surface area contributed by atoms with Crippen molar-refractivity contribution >= 4 is 11.9 Å². The Morgan fingerprint density at radius 3 is 2.69 bits per heavy atom. The molecule has 0 radical (unpaired) electrons. The number of hydrogen-bond donors (Lipinski definition) is 1. The number of aryl methyl sites for hydroxylation is 1. The molecule has 0 bridgehead atoms. The van der Waals surface area contributed by atoms with Gasteiger partial charge in [0.1, 0.15) is 24.7 Å². The standard InChI is InChI=1S/C22H22N4O3/c1-14-5-4-6-16(11-14)12-29-18-9-7-17(8-10-18)20-19(21(27)28-3)15(2)25-22-23-13-24-26(20)22/h4-11,13,20H,12H2,1-3H3,(H,23,24,25)/t20-/m1/s1. The molecule has 0 fully saturated rings. The van der Waals surface area contributed by atoms with Crippen LogP contribution >= 0.6 is 0 Å². The Morgan fingerprint density at radius 1 is 1.17 bits per heavy atom. The summed E-state index contributed by atoms with van der Waals surface area (Å²) in [5.74, 6) is 0.934. The number of nitrogens with one attached hydrogen (secondary N) is 1. The van der Waals surface area contributed by atoms with E-state index in [2.05, 4.69) is 34.5 Å². The van der Waals surface area contributed by atoms with Crippen LogP contribution in [0.2, 0.25) is 0 Å². The Labute approximate surface area is 169 Å². The Kier molecular flexibility index (Phi) is 5.03. The summed E-state index contributed by atoms with van der Waals surface area (Å²) in [6, 6.07) is 15.5. The average molecular weight is 390 g/mol. The fourth-order valence-corrected chi connectivity index (χ4v) is 3.49. The van der Waals surface area contributed by atoms with Gasteiger partial charge in [-0.2, -0.15) is 10.1 Å². The predicted octanol–water partition coefficient (Wildman–Crippen LogP) is 3.63. The number of esters is 1. The number of rotatable bonds is 5. The highest BCUT2D eigenvalue weighted by atomic mass is 16.5. The number of ether oxygens (including phenoxy) is 2. The van der Waals surface area contributed by atoms with Gasteiger partial charge in [0.15, 0.2) is 0 Å². The lowest BCUT2D eigenvalue weighted by atomic mass is 9.96. The van der Waals surface area contributed by atoms with E-state index in [1.807, 2.05) is 43.3 Å². The third-order valence-corrected chi connectivity index (χ3v) is 4.88. The maximum atomic E-state index is 12.4. The van der Waals surface area contributed by atoms with Crippen molar-refractivity contribution in [3.05, 3.63) is 82.8 Å². The van der Waals surface area contributed by atoms with Crippen LogP contribution in [0, 0.1) is 6.92 Å². The molecule has 0 aliphatic carbocycles. The number of aromatic nitrogens is 3. The molecule has 0 unspecified atom stereocenters. The molecule has 1 aliphatic heterocycles. The van der Waals surface area contributed by atoms with E-state index in [9.17, 15) is 4.79 Å². The zero-order valence-corrected chi connectivity index (χ0v) is 16.5. The largest absolute Gasteiger partial charge is 0.489 e. The third-order valence-electron chi connectivity index (χ3n) is 4.88. The number of fused-ring (bicyclic) bond motifs is 1. The number of hydrogen-bond acceptors (Lipinski definition) is 6. The van der Waals surface area contributed by atoms with Gasteiger partial charge in [0.2, 0.25) is 5.95 Å². The lowest BCUT2D eigenvalue weighted by Crippen LogP contribution is -2.29. The molecule has 1 aromatic heterocycles. The topological polar surface area (TPSA) is 78.3 Å². The van der Waals surface area contributed by atoms with Crippen molar-refractivity contribution in [1.82, 2.24) is 14.8 Å². The monoisotopic (exact) mass is 390 g/mol. The molecular weight excluding hydrogens is 368 g/mol. The van der Waals surface area contributed by atoms with E-state index in [0.29, 0.717) is 23.8 Å². The summed E-state index contributed by atoms with van der Waals surface area (Å²) in [4.78, 5) is 16.7. The molecule has 1 aliphatic rings. The molecule has 2 heterocycles. The fourth-order valence-electron chi connectivity index (χ4n) is 3.49. The Balaban J connectivity index is 1.59. The van der Waals surface area contributed by atoms with Gasteiger partial charge in [-0.1, -0.05) is 42.0 Å². The van der Waals surface area contributed by atoms with Crippen LogP contribution in [0.3, 0.4) is 0 Å². The van der Waals surface area contributed by atoms with Crippen molar-refractivity contribution < 1.29 is 14.3 Å². The minimum absolute atomic E-state index is 0.402. The van der Waals surface area contributed by atoms with Gasteiger partial charge in [-0.3, -0.25) is 0 Å². The first-order valence-corrected chi connectivity index (χ1v) is 9.30. The molecule has 7 nitrogen and oxygen atoms in total. The van der Waals surface area contributed by atoms with Crippen LogP contribution in [-0.2, 0) is 16.1 Å². The van der Waals surface area contributed by atoms with E-state index >= 15 is 0 Å². The third kappa shape index (κ3) is 3.71. The van der Waals surface area contributed by atoms with Crippen molar-refractivity contribution in [3.63, 3.8) is 0 Å². The smallest absolute Gasteiger partial charge is 0.338 e. The number of carbonyl (C=O) groups is 1. The van der Waals surface area contributed by atoms with E-state index in [1.165, 1.54) is 19.0 Å². The van der Waals surface area contributed by atoms with Crippen LogP contribution in [0.25, 0.3) is 0 Å². The molecule has 148 valence electrons. The number of allylic oxidation sites excluding steroid dienone is 1. The first-order chi connectivity index (χ1) is 14.1. The van der Waals surface area contributed by atoms with Crippen LogP contribution in [0.1, 0.15) is 29.7 Å². The minimum atomic E-state index is -0.424. The summed E-state index contributed by atoms with van der Waals surface area (Å²) in [5, 5.41) is 7.40. The molecule has 29 heavy (non-hydrogen) atoms. The summed E-state index contributed by atoms with van der Waals surface area (Å²) in [6.07, 6.45) is 1.46. The molecular formula is C22H22N4O3. The summed E-state index contributed by atoms with van der Waals surface area (Å²) in [6.45, 7) is 4.38. The summed E-state index contributed by atoms with van der Waals surface area (Å²) in [5.41, 5.74) is 4.40. The minimum Gasteiger partial charge on any atom is -0.489 e. The van der Waals surface area contributed by atoms with Crippen LogP contribution in [0.15, 0.2) is 66.1 Å². The number of benzene rings is 2. The van der Waals surface area contributed by atoms with E-state index in [0.717, 1.165) is 16.9 Å². The molecule has 7 heteroatoms. The van der Waals surface area contributed by atoms with Gasteiger partial charge in [-0.25, -0.2) is 9.48 Å². The Hall–Kier alpha value is -3.61. The second kappa shape index (κ2) is 7.79. The second-order valence-corrected chi connectivity index (χ2v) is 6.93. The highest BCUT2D eigenvalue weighted by Crippen LogP contribution is 2.35. The SMILES string of the molecule is COC(=O)C1=C(C)Nc2ncnn2[C@@H]1c1ccc(OCc2cccc(C)c2)cc1. The van der Waals surface area contributed by atoms with Gasteiger partial charge < -0.3 is 14.8 Å². The number of methoxy groups -OCH3 is 1. The normalized spacial score (nSPS) is 15.5. The number of nitrogens with zero attached hydrogens (tertiary/aromatic N) is 3. The van der Waals surface area contributed by atoms with Gasteiger partial charge in [-0.05, 0) is 37.1 Å². The average Bonchev–Trinajstić information content (AvgIpc) is 3.19. The first kappa shape index (κ1) is 18.7. The highest BCUT2D eigenvalue weighted by Gasteiger charge is 2.33. The van der Waals surface area contributed by atoms with Crippen LogP contribution in [0.4, 0.5) is 5.95 Å². The van der Waals surface area contributed by atoms with Gasteiger partial charge in [-0.15, -0.1) is 0 Å². The van der Waals surface area contributed by atoms with Gasteiger partial charge in [0, 0.05) is 5.70 Å². The van der Waals surface area contributed by atoms with Gasteiger partial charge in [0.25, 0.3) is 0 Å². The quantitative estimate of drug-likeness (QED) is 0.671. The van der Waals surface area contributed by atoms with E-state index in [1.54, 1.807) is 4.68 Å². The molecule has 0 amide bonds. The van der Waals surface area contributed by atoms with Crippen molar-refractivity contribution in [2.45, 2.75) is 26.5 Å². The molecule has 0 saturated heterocycles. The highest BCUT2D eigenvalue weighted by molar-refractivity contribution is 5.92. The lowest BCUT2D eigenvalue weighted by molar-refractivity contribution is -0.136. The zero-order valence-electron chi connectivity index (χ0n) is 16.5. The van der Waals surface area contributed by atoms with Gasteiger partial charge in [0.05, 0.1) is 12.7 Å². The van der Waals surface area contributed by atoms with Crippen LogP contribution < -0.4 is 10.1 Å². The van der Waals surface area contributed by atoms with Crippen molar-refractivity contribution in [2.24, 2.45) is 0 Å². The second-order valence-electron chi connectivity index (χ2n) is 6.93. The summed E-state index contributed by atoms with van der Waals surface area (Å²) < 4.78 is 12.6. The molecule has 1 atom stereocenters. The molecule has 3 aromatic rings. The predicted molar refractivity (Wildman–Crippen MR) is 108 cm³/mol.